The SMILES string of the molecule is CC(C)(C(=O)O)C(F)(F)c1cccc(Br)c1. The average Bonchev–Trinajstić information content (AvgIpc) is 2.17. The van der Waals surface area contributed by atoms with E-state index in [0.29, 0.717) is 4.47 Å². The van der Waals surface area contributed by atoms with Gasteiger partial charge in [-0.1, -0.05) is 28.1 Å². The van der Waals surface area contributed by atoms with Crippen LogP contribution in [0, 0.1) is 5.41 Å². The Kier molecular flexibility index (Phi) is 3.38. The lowest BCUT2D eigenvalue weighted by Gasteiger charge is -2.30. The molecule has 0 aliphatic carbocycles. The van der Waals surface area contributed by atoms with Gasteiger partial charge >= 0.3 is 5.97 Å². The summed E-state index contributed by atoms with van der Waals surface area (Å²) in [4.78, 5) is 10.8. The van der Waals surface area contributed by atoms with Gasteiger partial charge in [-0.05, 0) is 26.0 Å². The van der Waals surface area contributed by atoms with E-state index >= 15 is 0 Å². The van der Waals surface area contributed by atoms with Crippen LogP contribution in [0.4, 0.5) is 8.78 Å². The highest BCUT2D eigenvalue weighted by Gasteiger charge is 2.53. The first-order valence-corrected chi connectivity index (χ1v) is 5.36. The number of carboxylic acids is 1. The van der Waals surface area contributed by atoms with Gasteiger partial charge in [0.05, 0.1) is 0 Å². The molecule has 0 unspecified atom stereocenters. The average molecular weight is 293 g/mol. The third-order valence-corrected chi connectivity index (χ3v) is 3.00. The zero-order valence-electron chi connectivity index (χ0n) is 8.80. The molecule has 0 radical (unpaired) electrons. The van der Waals surface area contributed by atoms with Gasteiger partial charge in [0.1, 0.15) is 5.41 Å². The molecule has 0 heterocycles. The van der Waals surface area contributed by atoms with E-state index in [9.17, 15) is 13.6 Å². The van der Waals surface area contributed by atoms with Crippen molar-refractivity contribution in [3.05, 3.63) is 34.3 Å². The maximum absolute atomic E-state index is 14.0. The van der Waals surface area contributed by atoms with Crippen molar-refractivity contribution in [1.29, 1.82) is 0 Å². The van der Waals surface area contributed by atoms with Gasteiger partial charge in [0.15, 0.2) is 0 Å². The molecule has 0 amide bonds. The van der Waals surface area contributed by atoms with E-state index in [-0.39, 0.29) is 5.56 Å². The fourth-order valence-electron chi connectivity index (χ4n) is 1.18. The van der Waals surface area contributed by atoms with Crippen LogP contribution in [0.15, 0.2) is 28.7 Å². The smallest absolute Gasteiger partial charge is 0.315 e. The van der Waals surface area contributed by atoms with Crippen LogP contribution in [-0.4, -0.2) is 11.1 Å². The van der Waals surface area contributed by atoms with Crippen molar-refractivity contribution in [3.63, 3.8) is 0 Å². The summed E-state index contributed by atoms with van der Waals surface area (Å²) < 4.78 is 28.4. The van der Waals surface area contributed by atoms with Crippen LogP contribution >= 0.6 is 15.9 Å². The van der Waals surface area contributed by atoms with Gasteiger partial charge in [0, 0.05) is 10.0 Å². The molecule has 16 heavy (non-hydrogen) atoms. The standard InChI is InChI=1S/C11H11BrF2O2/c1-10(2,9(15)16)11(13,14)7-4-3-5-8(12)6-7/h3-6H,1-2H3,(H,15,16). The first-order chi connectivity index (χ1) is 7.19. The Balaban J connectivity index is 3.26. The van der Waals surface area contributed by atoms with E-state index in [2.05, 4.69) is 15.9 Å². The van der Waals surface area contributed by atoms with Gasteiger partial charge in [0.2, 0.25) is 0 Å². The van der Waals surface area contributed by atoms with Gasteiger partial charge in [-0.15, -0.1) is 0 Å². The van der Waals surface area contributed by atoms with E-state index in [1.165, 1.54) is 18.2 Å². The minimum absolute atomic E-state index is 0.311. The van der Waals surface area contributed by atoms with Crippen LogP contribution in [0.5, 0.6) is 0 Å². The second-order valence-corrected chi connectivity index (χ2v) is 4.93. The molecule has 0 fully saturated rings. The molecular formula is C11H11BrF2O2. The monoisotopic (exact) mass is 292 g/mol. The molecule has 1 rings (SSSR count). The topological polar surface area (TPSA) is 37.3 Å². The Bertz CT molecular complexity index is 416. The minimum Gasteiger partial charge on any atom is -0.481 e. The van der Waals surface area contributed by atoms with Crippen LogP contribution in [0.25, 0.3) is 0 Å². The molecule has 1 aromatic rings. The number of halogens is 3. The van der Waals surface area contributed by atoms with Gasteiger partial charge in [-0.3, -0.25) is 4.79 Å². The number of hydrogen-bond acceptors (Lipinski definition) is 1. The Hall–Kier alpha value is -0.970. The third kappa shape index (κ3) is 2.09. The lowest BCUT2D eigenvalue weighted by atomic mass is 9.81. The second kappa shape index (κ2) is 4.13. The first-order valence-electron chi connectivity index (χ1n) is 4.57. The van der Waals surface area contributed by atoms with E-state index in [1.807, 2.05) is 0 Å². The van der Waals surface area contributed by atoms with E-state index in [1.54, 1.807) is 6.07 Å². The molecule has 88 valence electrons. The summed E-state index contributed by atoms with van der Waals surface area (Å²) in [6.07, 6.45) is 0. The highest BCUT2D eigenvalue weighted by molar-refractivity contribution is 9.10. The Labute approximate surface area is 100 Å². The third-order valence-electron chi connectivity index (χ3n) is 2.51. The Morgan fingerprint density at radius 2 is 1.94 bits per heavy atom. The summed E-state index contributed by atoms with van der Waals surface area (Å²) in [5.74, 6) is -4.96. The zero-order valence-corrected chi connectivity index (χ0v) is 10.4. The van der Waals surface area contributed by atoms with Crippen molar-refractivity contribution in [3.8, 4) is 0 Å². The molecule has 1 aromatic carbocycles. The quantitative estimate of drug-likeness (QED) is 0.923. The van der Waals surface area contributed by atoms with E-state index in [4.69, 9.17) is 5.11 Å². The number of alkyl halides is 2. The number of rotatable bonds is 3. The Morgan fingerprint density at radius 1 is 1.38 bits per heavy atom. The number of benzene rings is 1. The summed E-state index contributed by atoms with van der Waals surface area (Å²) in [5.41, 5.74) is -2.46. The molecule has 0 saturated heterocycles. The molecule has 0 saturated carbocycles. The highest BCUT2D eigenvalue weighted by atomic mass is 79.9. The normalized spacial score (nSPS) is 12.6. The fraction of sp³-hybridized carbons (Fsp3) is 0.364. The van der Waals surface area contributed by atoms with Crippen molar-refractivity contribution in [2.24, 2.45) is 5.41 Å². The molecule has 1 N–H and O–H groups in total. The number of aliphatic carboxylic acids is 1. The summed E-state index contributed by atoms with van der Waals surface area (Å²) in [7, 11) is 0. The van der Waals surface area contributed by atoms with E-state index < -0.39 is 17.3 Å². The number of carboxylic acid groups (broad SMARTS) is 1. The van der Waals surface area contributed by atoms with Crippen molar-refractivity contribution < 1.29 is 18.7 Å². The molecule has 0 bridgehead atoms. The molecule has 0 aliphatic heterocycles. The molecule has 5 heteroatoms. The largest absolute Gasteiger partial charge is 0.481 e. The summed E-state index contributed by atoms with van der Waals surface area (Å²) in [6.45, 7) is 2.02. The predicted molar refractivity (Wildman–Crippen MR) is 59.5 cm³/mol. The van der Waals surface area contributed by atoms with Gasteiger partial charge < -0.3 is 5.11 Å². The maximum Gasteiger partial charge on any atom is 0.315 e. The van der Waals surface area contributed by atoms with Gasteiger partial charge in [0.25, 0.3) is 5.92 Å². The molecule has 0 aromatic heterocycles. The molecule has 0 spiro atoms. The van der Waals surface area contributed by atoms with Crippen LogP contribution < -0.4 is 0 Å². The number of hydrogen-bond donors (Lipinski definition) is 1. The highest BCUT2D eigenvalue weighted by Crippen LogP contribution is 2.45. The van der Waals surface area contributed by atoms with Crippen LogP contribution in [-0.2, 0) is 10.7 Å². The first kappa shape index (κ1) is 13.1. The molecule has 0 atom stereocenters. The van der Waals surface area contributed by atoms with Crippen molar-refractivity contribution in [2.45, 2.75) is 19.8 Å². The zero-order chi connectivity index (χ0) is 12.6. The molecular weight excluding hydrogens is 282 g/mol. The maximum atomic E-state index is 14.0. The molecule has 2 nitrogen and oxygen atoms in total. The minimum atomic E-state index is -3.43. The van der Waals surface area contributed by atoms with Crippen molar-refractivity contribution in [1.82, 2.24) is 0 Å². The summed E-state index contributed by atoms with van der Waals surface area (Å²) in [5, 5.41) is 8.82. The summed E-state index contributed by atoms with van der Waals surface area (Å²) in [6, 6.07) is 5.50. The van der Waals surface area contributed by atoms with Crippen molar-refractivity contribution in [2.75, 3.05) is 0 Å². The van der Waals surface area contributed by atoms with Gasteiger partial charge in [-0.2, -0.15) is 0 Å². The fourth-order valence-corrected chi connectivity index (χ4v) is 1.58. The van der Waals surface area contributed by atoms with Crippen LogP contribution in [0.3, 0.4) is 0 Å². The second-order valence-electron chi connectivity index (χ2n) is 4.01. The number of carbonyl (C=O) groups is 1. The summed E-state index contributed by atoms with van der Waals surface area (Å²) >= 11 is 3.08. The van der Waals surface area contributed by atoms with Crippen LogP contribution in [0.2, 0.25) is 0 Å². The lowest BCUT2D eigenvalue weighted by Crippen LogP contribution is -2.40. The molecule has 0 aliphatic rings. The van der Waals surface area contributed by atoms with Gasteiger partial charge in [-0.25, -0.2) is 8.78 Å². The lowest BCUT2D eigenvalue weighted by molar-refractivity contribution is -0.175. The predicted octanol–water partition coefficient (Wildman–Crippen LogP) is 3.65. The van der Waals surface area contributed by atoms with Crippen molar-refractivity contribution >= 4 is 21.9 Å². The van der Waals surface area contributed by atoms with Crippen LogP contribution in [0.1, 0.15) is 19.4 Å². The van der Waals surface area contributed by atoms with E-state index in [0.717, 1.165) is 13.8 Å². The Morgan fingerprint density at radius 3 is 2.38 bits per heavy atom.